The van der Waals surface area contributed by atoms with Crippen molar-refractivity contribution in [3.8, 4) is 0 Å². The lowest BCUT2D eigenvalue weighted by molar-refractivity contribution is -0.117. The highest BCUT2D eigenvalue weighted by Gasteiger charge is 2.29. The van der Waals surface area contributed by atoms with Gasteiger partial charge < -0.3 is 9.80 Å². The third-order valence-corrected chi connectivity index (χ3v) is 5.08. The Bertz CT molecular complexity index is 580. The van der Waals surface area contributed by atoms with Gasteiger partial charge in [-0.3, -0.25) is 9.59 Å². The molecule has 0 bridgehead atoms. The molecule has 0 radical (unpaired) electrons. The fourth-order valence-corrected chi connectivity index (χ4v) is 3.77. The van der Waals surface area contributed by atoms with E-state index in [4.69, 9.17) is 0 Å². The van der Waals surface area contributed by atoms with Gasteiger partial charge >= 0.3 is 0 Å². The number of amides is 2. The van der Waals surface area contributed by atoms with Crippen LogP contribution in [0.4, 0.5) is 5.69 Å². The van der Waals surface area contributed by atoms with Gasteiger partial charge in [-0.2, -0.15) is 0 Å². The highest BCUT2D eigenvalue weighted by atomic mass is 16.2. The van der Waals surface area contributed by atoms with Crippen LogP contribution in [0.3, 0.4) is 0 Å². The number of anilines is 1. The number of likely N-dealkylation sites (tertiary alicyclic amines) is 1. The topological polar surface area (TPSA) is 40.6 Å². The Morgan fingerprint density at radius 3 is 2.43 bits per heavy atom. The van der Waals surface area contributed by atoms with Crippen LogP contribution >= 0.6 is 0 Å². The molecule has 23 heavy (non-hydrogen) atoms. The molecule has 3 rings (SSSR count). The summed E-state index contributed by atoms with van der Waals surface area (Å²) in [6.45, 7) is 6.03. The Morgan fingerprint density at radius 2 is 1.83 bits per heavy atom. The van der Waals surface area contributed by atoms with Crippen LogP contribution in [0.15, 0.2) is 24.3 Å². The van der Waals surface area contributed by atoms with Crippen molar-refractivity contribution < 1.29 is 9.59 Å². The van der Waals surface area contributed by atoms with Crippen LogP contribution in [0, 0.1) is 5.92 Å². The zero-order valence-electron chi connectivity index (χ0n) is 14.1. The van der Waals surface area contributed by atoms with E-state index in [0.717, 1.165) is 43.6 Å². The maximum atomic E-state index is 12.9. The molecule has 124 valence electrons. The number of piperidine rings is 1. The quantitative estimate of drug-likeness (QED) is 0.857. The van der Waals surface area contributed by atoms with Crippen molar-refractivity contribution in [1.29, 1.82) is 0 Å². The molecule has 2 aliphatic heterocycles. The zero-order valence-corrected chi connectivity index (χ0v) is 14.1. The van der Waals surface area contributed by atoms with E-state index in [0.29, 0.717) is 18.4 Å². The van der Waals surface area contributed by atoms with Crippen molar-refractivity contribution in [2.75, 3.05) is 18.0 Å². The highest BCUT2D eigenvalue weighted by molar-refractivity contribution is 5.97. The number of carbonyl (C=O) groups is 2. The van der Waals surface area contributed by atoms with Crippen molar-refractivity contribution in [1.82, 2.24) is 4.90 Å². The van der Waals surface area contributed by atoms with Crippen LogP contribution < -0.4 is 4.90 Å². The Morgan fingerprint density at radius 1 is 1.09 bits per heavy atom. The van der Waals surface area contributed by atoms with E-state index in [1.807, 2.05) is 34.1 Å². The molecule has 1 aromatic carbocycles. The van der Waals surface area contributed by atoms with Gasteiger partial charge in [0.1, 0.15) is 0 Å². The molecule has 0 spiro atoms. The fourth-order valence-electron chi connectivity index (χ4n) is 3.77. The van der Waals surface area contributed by atoms with E-state index in [1.54, 1.807) is 0 Å². The second kappa shape index (κ2) is 6.73. The Balaban J connectivity index is 1.75. The Kier molecular flexibility index (Phi) is 4.69. The maximum absolute atomic E-state index is 12.9. The summed E-state index contributed by atoms with van der Waals surface area (Å²) < 4.78 is 0. The van der Waals surface area contributed by atoms with Gasteiger partial charge in [0.05, 0.1) is 0 Å². The van der Waals surface area contributed by atoms with Crippen LogP contribution in [0.5, 0.6) is 0 Å². The first-order valence-corrected chi connectivity index (χ1v) is 8.79. The highest BCUT2D eigenvalue weighted by Crippen LogP contribution is 2.26. The number of nitrogens with zero attached hydrogens (tertiary/aromatic N) is 2. The van der Waals surface area contributed by atoms with Gasteiger partial charge in [0.25, 0.3) is 5.91 Å². The van der Waals surface area contributed by atoms with Crippen molar-refractivity contribution in [3.63, 3.8) is 0 Å². The minimum atomic E-state index is 0.127. The predicted molar refractivity (Wildman–Crippen MR) is 91.5 cm³/mol. The van der Waals surface area contributed by atoms with E-state index in [1.165, 1.54) is 6.42 Å². The van der Waals surface area contributed by atoms with Crippen molar-refractivity contribution in [3.05, 3.63) is 29.8 Å². The third-order valence-electron chi connectivity index (χ3n) is 5.08. The van der Waals surface area contributed by atoms with Crippen LogP contribution in [0.2, 0.25) is 0 Å². The van der Waals surface area contributed by atoms with Crippen molar-refractivity contribution >= 4 is 17.5 Å². The average Bonchev–Trinajstić information content (AvgIpc) is 3.00. The molecule has 1 aromatic rings. The number of carbonyl (C=O) groups excluding carboxylic acids is 2. The average molecular weight is 314 g/mol. The van der Waals surface area contributed by atoms with Crippen LogP contribution in [-0.2, 0) is 4.79 Å². The molecule has 2 saturated heterocycles. The SMILES string of the molecule is CC(C)C1CCCCN1C(=O)c1ccc(N2CCCC2=O)cc1. The molecule has 2 aliphatic rings. The molecule has 2 amide bonds. The van der Waals surface area contributed by atoms with Crippen LogP contribution in [0.25, 0.3) is 0 Å². The normalized spacial score (nSPS) is 22.0. The lowest BCUT2D eigenvalue weighted by Crippen LogP contribution is -2.46. The summed E-state index contributed by atoms with van der Waals surface area (Å²) in [5.41, 5.74) is 1.64. The first-order chi connectivity index (χ1) is 11.1. The van der Waals surface area contributed by atoms with Gasteiger partial charge in [0.2, 0.25) is 5.91 Å². The summed E-state index contributed by atoms with van der Waals surface area (Å²) in [4.78, 5) is 28.5. The third kappa shape index (κ3) is 3.26. The van der Waals surface area contributed by atoms with E-state index in [2.05, 4.69) is 13.8 Å². The number of rotatable bonds is 3. The summed E-state index contributed by atoms with van der Waals surface area (Å²) in [5.74, 6) is 0.795. The predicted octanol–water partition coefficient (Wildman–Crippen LogP) is 3.46. The molecular formula is C19H26N2O2. The van der Waals surface area contributed by atoms with Crippen LogP contribution in [-0.4, -0.2) is 35.8 Å². The van der Waals surface area contributed by atoms with Gasteiger partial charge in [-0.25, -0.2) is 0 Å². The molecule has 0 aliphatic carbocycles. The minimum Gasteiger partial charge on any atom is -0.335 e. The lowest BCUT2D eigenvalue weighted by Gasteiger charge is -2.38. The first kappa shape index (κ1) is 16.0. The zero-order chi connectivity index (χ0) is 16.4. The molecule has 0 N–H and O–H groups in total. The first-order valence-electron chi connectivity index (χ1n) is 8.79. The van der Waals surface area contributed by atoms with Crippen LogP contribution in [0.1, 0.15) is 56.3 Å². The summed E-state index contributed by atoms with van der Waals surface area (Å²) >= 11 is 0. The molecule has 2 heterocycles. The molecule has 4 nitrogen and oxygen atoms in total. The molecule has 4 heteroatoms. The van der Waals surface area contributed by atoms with Gasteiger partial charge in [-0.05, 0) is 55.9 Å². The van der Waals surface area contributed by atoms with Gasteiger partial charge in [0, 0.05) is 36.8 Å². The lowest BCUT2D eigenvalue weighted by atomic mass is 9.92. The fraction of sp³-hybridized carbons (Fsp3) is 0.579. The largest absolute Gasteiger partial charge is 0.335 e. The monoisotopic (exact) mass is 314 g/mol. The molecule has 2 fully saturated rings. The Labute approximate surface area is 138 Å². The molecule has 0 saturated carbocycles. The summed E-state index contributed by atoms with van der Waals surface area (Å²) in [6.07, 6.45) is 4.95. The standard InChI is InChI=1S/C19H26N2O2/c1-14(2)17-6-3-4-12-21(17)19(23)15-8-10-16(11-9-15)20-13-5-7-18(20)22/h8-11,14,17H,3-7,12-13H2,1-2H3. The van der Waals surface area contributed by atoms with Gasteiger partial charge in [0.15, 0.2) is 0 Å². The van der Waals surface area contributed by atoms with Crippen molar-refractivity contribution in [2.24, 2.45) is 5.92 Å². The summed E-state index contributed by atoms with van der Waals surface area (Å²) in [6, 6.07) is 7.90. The van der Waals surface area contributed by atoms with E-state index in [-0.39, 0.29) is 11.8 Å². The molecular weight excluding hydrogens is 288 g/mol. The summed E-state index contributed by atoms with van der Waals surface area (Å²) in [7, 11) is 0. The molecule has 1 unspecified atom stereocenters. The van der Waals surface area contributed by atoms with Gasteiger partial charge in [-0.1, -0.05) is 13.8 Å². The Hall–Kier alpha value is -1.84. The second-order valence-corrected chi connectivity index (χ2v) is 7.00. The number of hydrogen-bond acceptors (Lipinski definition) is 2. The summed E-state index contributed by atoms with van der Waals surface area (Å²) in [5, 5.41) is 0. The van der Waals surface area contributed by atoms with E-state index >= 15 is 0 Å². The molecule has 1 atom stereocenters. The number of hydrogen-bond donors (Lipinski definition) is 0. The molecule has 0 aromatic heterocycles. The van der Waals surface area contributed by atoms with Gasteiger partial charge in [-0.15, -0.1) is 0 Å². The maximum Gasteiger partial charge on any atom is 0.254 e. The number of benzene rings is 1. The minimum absolute atomic E-state index is 0.127. The van der Waals surface area contributed by atoms with Crippen molar-refractivity contribution in [2.45, 2.75) is 52.0 Å². The van der Waals surface area contributed by atoms with E-state index < -0.39 is 0 Å². The second-order valence-electron chi connectivity index (χ2n) is 7.00. The smallest absolute Gasteiger partial charge is 0.254 e. The van der Waals surface area contributed by atoms with E-state index in [9.17, 15) is 9.59 Å².